The summed E-state index contributed by atoms with van der Waals surface area (Å²) in [6.07, 6.45) is 0. The molecule has 2 aromatic carbocycles. The van der Waals surface area contributed by atoms with Gasteiger partial charge in [-0.05, 0) is 29.8 Å². The minimum Gasteiger partial charge on any atom is -0.383 e. The van der Waals surface area contributed by atoms with Gasteiger partial charge in [0.15, 0.2) is 9.84 Å². The smallest absolute Gasteiger partial charge is 0.183 e. The first-order valence-corrected chi connectivity index (χ1v) is 9.16. The van der Waals surface area contributed by atoms with Gasteiger partial charge in [0.05, 0.1) is 22.3 Å². The van der Waals surface area contributed by atoms with Gasteiger partial charge in [-0.25, -0.2) is 8.42 Å². The van der Waals surface area contributed by atoms with Crippen LogP contribution in [0.25, 0.3) is 0 Å². The SMILES string of the molecule is COC[C@@]1(N)[C@H](c2ccc(Cl)cc2)[C@@H]1S(=O)(=O)c1ccccc1. The van der Waals surface area contributed by atoms with E-state index in [0.717, 1.165) is 5.56 Å². The zero-order valence-corrected chi connectivity index (χ0v) is 14.2. The van der Waals surface area contributed by atoms with Crippen LogP contribution in [0.3, 0.4) is 0 Å². The molecule has 0 bridgehead atoms. The highest BCUT2D eigenvalue weighted by atomic mass is 35.5. The summed E-state index contributed by atoms with van der Waals surface area (Å²) in [5, 5.41) is -0.107. The quantitative estimate of drug-likeness (QED) is 0.899. The van der Waals surface area contributed by atoms with Crippen molar-refractivity contribution >= 4 is 21.4 Å². The van der Waals surface area contributed by atoms with Gasteiger partial charge in [-0.2, -0.15) is 0 Å². The van der Waals surface area contributed by atoms with E-state index in [-0.39, 0.29) is 17.4 Å². The molecule has 1 aliphatic carbocycles. The Hall–Kier alpha value is -1.40. The van der Waals surface area contributed by atoms with Crippen molar-refractivity contribution < 1.29 is 13.2 Å². The predicted octanol–water partition coefficient (Wildman–Crippen LogP) is 2.62. The highest BCUT2D eigenvalue weighted by molar-refractivity contribution is 7.92. The Labute approximate surface area is 141 Å². The lowest BCUT2D eigenvalue weighted by molar-refractivity contribution is 0.171. The van der Waals surface area contributed by atoms with E-state index in [0.29, 0.717) is 5.02 Å². The number of sulfone groups is 1. The van der Waals surface area contributed by atoms with Crippen LogP contribution in [-0.4, -0.2) is 32.9 Å². The molecule has 2 N–H and O–H groups in total. The van der Waals surface area contributed by atoms with Crippen molar-refractivity contribution in [3.05, 3.63) is 65.2 Å². The topological polar surface area (TPSA) is 69.4 Å². The molecule has 1 saturated carbocycles. The number of hydrogen-bond donors (Lipinski definition) is 1. The zero-order chi connectivity index (χ0) is 16.7. The molecule has 122 valence electrons. The lowest BCUT2D eigenvalue weighted by Crippen LogP contribution is -2.35. The summed E-state index contributed by atoms with van der Waals surface area (Å²) in [5.74, 6) is -0.315. The number of nitrogens with two attached hydrogens (primary N) is 1. The van der Waals surface area contributed by atoms with E-state index < -0.39 is 20.6 Å². The Morgan fingerprint density at radius 2 is 1.74 bits per heavy atom. The Kier molecular flexibility index (Phi) is 4.23. The molecule has 6 heteroatoms. The molecule has 0 radical (unpaired) electrons. The lowest BCUT2D eigenvalue weighted by Gasteiger charge is -2.11. The third-order valence-electron chi connectivity index (χ3n) is 4.33. The van der Waals surface area contributed by atoms with Crippen LogP contribution >= 0.6 is 11.6 Å². The number of methoxy groups -OCH3 is 1. The van der Waals surface area contributed by atoms with E-state index in [4.69, 9.17) is 22.1 Å². The van der Waals surface area contributed by atoms with Crippen molar-refractivity contribution in [1.82, 2.24) is 0 Å². The van der Waals surface area contributed by atoms with Crippen molar-refractivity contribution in [3.8, 4) is 0 Å². The standard InChI is InChI=1S/C17H18ClNO3S/c1-22-11-17(19)15(12-7-9-13(18)10-8-12)16(17)23(20,21)14-5-3-2-4-6-14/h2-10,15-16H,11,19H2,1H3/t15-,16+,17-/m1/s1. The van der Waals surface area contributed by atoms with E-state index in [1.165, 1.54) is 7.11 Å². The van der Waals surface area contributed by atoms with Gasteiger partial charge >= 0.3 is 0 Å². The molecular weight excluding hydrogens is 334 g/mol. The van der Waals surface area contributed by atoms with E-state index >= 15 is 0 Å². The molecule has 0 aromatic heterocycles. The van der Waals surface area contributed by atoms with Crippen molar-refractivity contribution in [2.45, 2.75) is 21.6 Å². The van der Waals surface area contributed by atoms with Gasteiger partial charge in [0, 0.05) is 18.1 Å². The second kappa shape index (κ2) is 5.91. The van der Waals surface area contributed by atoms with Crippen LogP contribution in [0.15, 0.2) is 59.5 Å². The normalized spacial score (nSPS) is 26.9. The fourth-order valence-electron chi connectivity index (χ4n) is 3.22. The highest BCUT2D eigenvalue weighted by Crippen LogP contribution is 2.55. The molecule has 2 aromatic rings. The molecule has 1 aliphatic rings. The molecule has 0 amide bonds. The largest absolute Gasteiger partial charge is 0.383 e. The maximum atomic E-state index is 13.0. The fourth-order valence-corrected chi connectivity index (χ4v) is 5.66. The maximum absolute atomic E-state index is 13.0. The van der Waals surface area contributed by atoms with Crippen LogP contribution < -0.4 is 5.73 Å². The van der Waals surface area contributed by atoms with Gasteiger partial charge in [0.1, 0.15) is 0 Å². The van der Waals surface area contributed by atoms with Crippen molar-refractivity contribution in [2.24, 2.45) is 5.73 Å². The summed E-state index contributed by atoms with van der Waals surface area (Å²) < 4.78 is 31.1. The van der Waals surface area contributed by atoms with Crippen LogP contribution in [0.1, 0.15) is 11.5 Å². The van der Waals surface area contributed by atoms with Gasteiger partial charge in [0.2, 0.25) is 0 Å². The Balaban J connectivity index is 2.01. The minimum absolute atomic E-state index is 0.178. The minimum atomic E-state index is -3.54. The number of halogens is 1. The average molecular weight is 352 g/mol. The number of benzene rings is 2. The number of ether oxygens (including phenoxy) is 1. The molecule has 1 fully saturated rings. The summed E-state index contributed by atoms with van der Waals surface area (Å²) in [7, 11) is -2.02. The molecule has 0 spiro atoms. The van der Waals surface area contributed by atoms with Gasteiger partial charge < -0.3 is 10.5 Å². The second-order valence-corrected chi connectivity index (χ2v) is 8.36. The molecule has 23 heavy (non-hydrogen) atoms. The molecule has 0 heterocycles. The molecule has 3 rings (SSSR count). The van der Waals surface area contributed by atoms with Gasteiger partial charge in [-0.15, -0.1) is 0 Å². The van der Waals surface area contributed by atoms with Crippen LogP contribution in [-0.2, 0) is 14.6 Å². The molecule has 0 saturated heterocycles. The molecule has 0 aliphatic heterocycles. The number of hydrogen-bond acceptors (Lipinski definition) is 4. The van der Waals surface area contributed by atoms with Crippen LogP contribution in [0.2, 0.25) is 5.02 Å². The molecular formula is C17H18ClNO3S. The summed E-state index contributed by atoms with van der Waals surface area (Å²) in [6.45, 7) is 0.178. The second-order valence-electron chi connectivity index (χ2n) is 5.85. The van der Waals surface area contributed by atoms with E-state index in [9.17, 15) is 8.42 Å². The molecule has 4 nitrogen and oxygen atoms in total. The predicted molar refractivity (Wildman–Crippen MR) is 90.4 cm³/mol. The first-order chi connectivity index (χ1) is 10.9. The Morgan fingerprint density at radius 3 is 2.30 bits per heavy atom. The third kappa shape index (κ3) is 2.78. The average Bonchev–Trinajstić information content (AvgIpc) is 3.15. The van der Waals surface area contributed by atoms with Crippen molar-refractivity contribution in [2.75, 3.05) is 13.7 Å². The van der Waals surface area contributed by atoms with Crippen molar-refractivity contribution in [3.63, 3.8) is 0 Å². The van der Waals surface area contributed by atoms with Gasteiger partial charge in [-0.1, -0.05) is 41.9 Å². The summed E-state index contributed by atoms with van der Waals surface area (Å²) in [4.78, 5) is 0.285. The summed E-state index contributed by atoms with van der Waals surface area (Å²) >= 11 is 5.92. The third-order valence-corrected chi connectivity index (χ3v) is 6.89. The van der Waals surface area contributed by atoms with E-state index in [1.54, 1.807) is 42.5 Å². The zero-order valence-electron chi connectivity index (χ0n) is 12.6. The maximum Gasteiger partial charge on any atom is 0.183 e. The summed E-state index contributed by atoms with van der Waals surface area (Å²) in [5.41, 5.74) is 6.33. The lowest BCUT2D eigenvalue weighted by atomic mass is 10.1. The molecule has 3 atom stereocenters. The van der Waals surface area contributed by atoms with Crippen LogP contribution in [0.5, 0.6) is 0 Å². The van der Waals surface area contributed by atoms with E-state index in [1.807, 2.05) is 12.1 Å². The Morgan fingerprint density at radius 1 is 1.13 bits per heavy atom. The van der Waals surface area contributed by atoms with Crippen LogP contribution in [0.4, 0.5) is 0 Å². The van der Waals surface area contributed by atoms with Crippen LogP contribution in [0, 0.1) is 0 Å². The monoisotopic (exact) mass is 351 g/mol. The van der Waals surface area contributed by atoms with E-state index in [2.05, 4.69) is 0 Å². The Bertz CT molecular complexity index is 792. The molecule has 0 unspecified atom stereocenters. The summed E-state index contributed by atoms with van der Waals surface area (Å²) in [6, 6.07) is 15.5. The highest BCUT2D eigenvalue weighted by Gasteiger charge is 2.69. The van der Waals surface area contributed by atoms with Gasteiger partial charge in [-0.3, -0.25) is 0 Å². The fraction of sp³-hybridized carbons (Fsp3) is 0.294. The first-order valence-electron chi connectivity index (χ1n) is 7.23. The number of rotatable bonds is 5. The first kappa shape index (κ1) is 16.5. The van der Waals surface area contributed by atoms with Gasteiger partial charge in [0.25, 0.3) is 0 Å². The van der Waals surface area contributed by atoms with Crippen molar-refractivity contribution in [1.29, 1.82) is 0 Å².